The number of rotatable bonds is 6. The summed E-state index contributed by atoms with van der Waals surface area (Å²) in [5.41, 5.74) is -0.826. The van der Waals surface area contributed by atoms with Gasteiger partial charge in [0, 0.05) is 24.3 Å². The molecule has 2 aromatic rings. The number of carbonyl (C=O) groups is 1. The summed E-state index contributed by atoms with van der Waals surface area (Å²) < 4.78 is 65.2. The van der Waals surface area contributed by atoms with E-state index in [4.69, 9.17) is 0 Å². The lowest BCUT2D eigenvalue weighted by atomic mass is 10.2. The van der Waals surface area contributed by atoms with E-state index in [1.54, 1.807) is 4.90 Å². The highest BCUT2D eigenvalue weighted by Crippen LogP contribution is 2.31. The molecule has 0 aromatic heterocycles. The fraction of sp³-hybridized carbons (Fsp3) is 0.278. The molecule has 1 N–H and O–H groups in total. The lowest BCUT2D eigenvalue weighted by Gasteiger charge is -2.18. The van der Waals surface area contributed by atoms with Crippen molar-refractivity contribution in [2.45, 2.75) is 24.9 Å². The molecule has 0 bridgehead atoms. The number of amides is 1. The highest BCUT2D eigenvalue weighted by molar-refractivity contribution is 7.92. The van der Waals surface area contributed by atoms with E-state index in [0.717, 1.165) is 18.2 Å². The number of nitrogens with one attached hydrogen (secondary N) is 1. The SMILES string of the molecule is CCN(CC)C(=O)c1ccc(S(=O)(=O)Nc2cccc(C(F)(F)F)c2)cc1. The molecule has 0 atom stereocenters. The van der Waals surface area contributed by atoms with Gasteiger partial charge in [0.15, 0.2) is 0 Å². The Morgan fingerprint density at radius 3 is 2.15 bits per heavy atom. The summed E-state index contributed by atoms with van der Waals surface area (Å²) in [5.74, 6) is -0.227. The van der Waals surface area contributed by atoms with Gasteiger partial charge < -0.3 is 4.90 Å². The first-order valence-electron chi connectivity index (χ1n) is 8.18. The molecule has 0 aliphatic carbocycles. The molecule has 27 heavy (non-hydrogen) atoms. The Morgan fingerprint density at radius 1 is 1.04 bits per heavy atom. The first-order chi connectivity index (χ1) is 12.6. The minimum atomic E-state index is -4.58. The third kappa shape index (κ3) is 5.00. The van der Waals surface area contributed by atoms with Crippen molar-refractivity contribution in [3.8, 4) is 0 Å². The molecule has 9 heteroatoms. The standard InChI is InChI=1S/C18H19F3N2O3S/c1-3-23(4-2)17(24)13-8-10-16(11-9-13)27(25,26)22-15-7-5-6-14(12-15)18(19,20)21/h5-12,22H,3-4H2,1-2H3. The van der Waals surface area contributed by atoms with E-state index in [1.165, 1.54) is 30.3 Å². The number of hydrogen-bond donors (Lipinski definition) is 1. The quantitative estimate of drug-likeness (QED) is 0.797. The number of sulfonamides is 1. The summed E-state index contributed by atoms with van der Waals surface area (Å²) in [5, 5.41) is 0. The molecule has 0 aliphatic rings. The molecule has 5 nitrogen and oxygen atoms in total. The summed E-state index contributed by atoms with van der Waals surface area (Å²) in [6.45, 7) is 4.71. The summed E-state index contributed by atoms with van der Waals surface area (Å²) in [6, 6.07) is 9.15. The van der Waals surface area contributed by atoms with E-state index in [0.29, 0.717) is 18.7 Å². The summed E-state index contributed by atoms with van der Waals surface area (Å²) in [4.78, 5) is 13.7. The molecule has 1 amide bonds. The van der Waals surface area contributed by atoms with E-state index >= 15 is 0 Å². The van der Waals surface area contributed by atoms with Crippen LogP contribution in [0.2, 0.25) is 0 Å². The van der Waals surface area contributed by atoms with Crippen LogP contribution in [0.5, 0.6) is 0 Å². The highest BCUT2D eigenvalue weighted by atomic mass is 32.2. The largest absolute Gasteiger partial charge is 0.416 e. The second-order valence-electron chi connectivity index (χ2n) is 5.69. The molecule has 0 aliphatic heterocycles. The Bertz CT molecular complexity index is 906. The van der Waals surface area contributed by atoms with Gasteiger partial charge in [-0.25, -0.2) is 8.42 Å². The summed E-state index contributed by atoms with van der Waals surface area (Å²) in [7, 11) is -4.09. The van der Waals surface area contributed by atoms with Crippen molar-refractivity contribution < 1.29 is 26.4 Å². The Balaban J connectivity index is 2.24. The Labute approximate surface area is 155 Å². The smallest absolute Gasteiger partial charge is 0.339 e. The first-order valence-corrected chi connectivity index (χ1v) is 9.66. The Kier molecular flexibility index (Phi) is 6.15. The zero-order chi connectivity index (χ0) is 20.2. The number of nitrogens with zero attached hydrogens (tertiary/aromatic N) is 1. The predicted octanol–water partition coefficient (Wildman–Crippen LogP) is 3.99. The van der Waals surface area contributed by atoms with Gasteiger partial charge >= 0.3 is 6.18 Å². The predicted molar refractivity (Wildman–Crippen MR) is 95.9 cm³/mol. The van der Waals surface area contributed by atoms with Gasteiger partial charge in [-0.05, 0) is 56.3 Å². The molecule has 0 unspecified atom stereocenters. The van der Waals surface area contributed by atoms with E-state index in [1.807, 2.05) is 13.8 Å². The fourth-order valence-electron chi connectivity index (χ4n) is 2.44. The molecule has 2 rings (SSSR count). The van der Waals surface area contributed by atoms with Gasteiger partial charge in [-0.15, -0.1) is 0 Å². The van der Waals surface area contributed by atoms with Crippen molar-refractivity contribution in [2.75, 3.05) is 17.8 Å². The topological polar surface area (TPSA) is 66.5 Å². The fourth-order valence-corrected chi connectivity index (χ4v) is 3.49. The van der Waals surface area contributed by atoms with Gasteiger partial charge in [-0.1, -0.05) is 6.07 Å². The minimum absolute atomic E-state index is 0.156. The van der Waals surface area contributed by atoms with Crippen LogP contribution in [0.25, 0.3) is 0 Å². The van der Waals surface area contributed by atoms with Crippen molar-refractivity contribution in [3.63, 3.8) is 0 Å². The number of halogens is 3. The first kappa shape index (κ1) is 20.8. The third-order valence-corrected chi connectivity index (χ3v) is 5.30. The molecule has 0 saturated carbocycles. The van der Waals surface area contributed by atoms with Gasteiger partial charge in [0.05, 0.1) is 10.5 Å². The molecular weight excluding hydrogens is 381 g/mol. The van der Waals surface area contributed by atoms with Crippen LogP contribution in [0.4, 0.5) is 18.9 Å². The van der Waals surface area contributed by atoms with Crippen LogP contribution in [0.15, 0.2) is 53.4 Å². The van der Waals surface area contributed by atoms with E-state index in [9.17, 15) is 26.4 Å². The Hall–Kier alpha value is -2.55. The lowest BCUT2D eigenvalue weighted by molar-refractivity contribution is -0.137. The maximum absolute atomic E-state index is 12.8. The number of anilines is 1. The van der Waals surface area contributed by atoms with Crippen molar-refractivity contribution in [1.29, 1.82) is 0 Å². The monoisotopic (exact) mass is 400 g/mol. The molecular formula is C18H19F3N2O3S. The van der Waals surface area contributed by atoms with Crippen LogP contribution in [-0.4, -0.2) is 32.3 Å². The van der Waals surface area contributed by atoms with Crippen molar-refractivity contribution in [2.24, 2.45) is 0 Å². The maximum Gasteiger partial charge on any atom is 0.416 e. The zero-order valence-electron chi connectivity index (χ0n) is 14.7. The van der Waals surface area contributed by atoms with E-state index in [2.05, 4.69) is 4.72 Å². The van der Waals surface area contributed by atoms with E-state index in [-0.39, 0.29) is 16.5 Å². The molecule has 0 saturated heterocycles. The molecule has 0 heterocycles. The number of carbonyl (C=O) groups excluding carboxylic acids is 1. The molecule has 0 radical (unpaired) electrons. The number of alkyl halides is 3. The van der Waals surface area contributed by atoms with Crippen LogP contribution >= 0.6 is 0 Å². The third-order valence-electron chi connectivity index (χ3n) is 3.90. The van der Waals surface area contributed by atoms with Crippen LogP contribution in [0.1, 0.15) is 29.8 Å². The molecule has 146 valence electrons. The minimum Gasteiger partial charge on any atom is -0.339 e. The van der Waals surface area contributed by atoms with Crippen molar-refractivity contribution in [1.82, 2.24) is 4.90 Å². The van der Waals surface area contributed by atoms with E-state index < -0.39 is 21.8 Å². The van der Waals surface area contributed by atoms with Crippen LogP contribution in [0, 0.1) is 0 Å². The Morgan fingerprint density at radius 2 is 1.63 bits per heavy atom. The average molecular weight is 400 g/mol. The van der Waals surface area contributed by atoms with Gasteiger partial charge in [-0.3, -0.25) is 9.52 Å². The van der Waals surface area contributed by atoms with Gasteiger partial charge in [0.1, 0.15) is 0 Å². The average Bonchev–Trinajstić information content (AvgIpc) is 2.62. The molecule has 0 fully saturated rings. The molecule has 0 spiro atoms. The van der Waals surface area contributed by atoms with Gasteiger partial charge in [0.25, 0.3) is 15.9 Å². The lowest BCUT2D eigenvalue weighted by Crippen LogP contribution is -2.30. The zero-order valence-corrected chi connectivity index (χ0v) is 15.6. The van der Waals surface area contributed by atoms with Crippen LogP contribution in [-0.2, 0) is 16.2 Å². The summed E-state index contributed by atoms with van der Waals surface area (Å²) in [6.07, 6.45) is -4.58. The highest BCUT2D eigenvalue weighted by Gasteiger charge is 2.30. The normalized spacial score (nSPS) is 11.9. The maximum atomic E-state index is 12.8. The summed E-state index contributed by atoms with van der Waals surface area (Å²) >= 11 is 0. The van der Waals surface area contributed by atoms with Crippen molar-refractivity contribution >= 4 is 21.6 Å². The van der Waals surface area contributed by atoms with Gasteiger partial charge in [-0.2, -0.15) is 13.2 Å². The van der Waals surface area contributed by atoms with Crippen LogP contribution in [0.3, 0.4) is 0 Å². The number of hydrogen-bond acceptors (Lipinski definition) is 3. The second kappa shape index (κ2) is 7.99. The van der Waals surface area contributed by atoms with Crippen molar-refractivity contribution in [3.05, 3.63) is 59.7 Å². The number of benzene rings is 2. The second-order valence-corrected chi connectivity index (χ2v) is 7.37. The van der Waals surface area contributed by atoms with Crippen LogP contribution < -0.4 is 4.72 Å². The molecule has 2 aromatic carbocycles. The van der Waals surface area contributed by atoms with Gasteiger partial charge in [0.2, 0.25) is 0 Å².